The van der Waals surface area contributed by atoms with Crippen molar-refractivity contribution in [2.24, 2.45) is 0 Å². The zero-order chi connectivity index (χ0) is 26.3. The van der Waals surface area contributed by atoms with E-state index in [0.717, 1.165) is 82.0 Å². The molecule has 2 N–H and O–H groups in total. The molecular formula is C30H40FN3O4. The second-order valence-electron chi connectivity index (χ2n) is 10.8. The molecule has 0 saturated carbocycles. The first-order valence-electron chi connectivity index (χ1n) is 14.3. The first kappa shape index (κ1) is 27.0. The Bertz CT molecular complexity index is 1090. The number of hydrogen-bond acceptors (Lipinski definition) is 6. The lowest BCUT2D eigenvalue weighted by Crippen LogP contribution is -2.34. The van der Waals surface area contributed by atoms with Crippen molar-refractivity contribution in [3.05, 3.63) is 58.7 Å². The quantitative estimate of drug-likeness (QED) is 0.378. The molecule has 2 fully saturated rings. The Hall–Kier alpha value is -2.55. The molecule has 5 rings (SSSR count). The van der Waals surface area contributed by atoms with Crippen molar-refractivity contribution in [2.75, 3.05) is 38.2 Å². The van der Waals surface area contributed by atoms with Crippen LogP contribution < -0.4 is 5.32 Å². The molecule has 3 atom stereocenters. The molecule has 0 amide bonds. The number of benzene rings is 1. The van der Waals surface area contributed by atoms with Crippen molar-refractivity contribution in [1.82, 2.24) is 9.88 Å². The highest BCUT2D eigenvalue weighted by Gasteiger charge is 2.36. The summed E-state index contributed by atoms with van der Waals surface area (Å²) in [5.74, 6) is -1.38. The summed E-state index contributed by atoms with van der Waals surface area (Å²) < 4.78 is 26.3. The summed E-state index contributed by atoms with van der Waals surface area (Å²) >= 11 is 0. The maximum atomic E-state index is 14.3. The number of aromatic nitrogens is 1. The number of halogens is 1. The van der Waals surface area contributed by atoms with Crippen LogP contribution in [0.15, 0.2) is 30.3 Å². The number of carboxylic acids is 1. The summed E-state index contributed by atoms with van der Waals surface area (Å²) in [6.07, 6.45) is 9.75. The highest BCUT2D eigenvalue weighted by Crippen LogP contribution is 2.36. The molecule has 0 bridgehead atoms. The Morgan fingerprint density at radius 3 is 2.95 bits per heavy atom. The Morgan fingerprint density at radius 2 is 2.11 bits per heavy atom. The normalized spacial score (nSPS) is 22.6. The third-order valence-electron chi connectivity index (χ3n) is 8.01. The minimum atomic E-state index is -0.958. The molecule has 1 unspecified atom stereocenters. The van der Waals surface area contributed by atoms with E-state index in [1.807, 2.05) is 4.90 Å². The molecular weight excluding hydrogens is 485 g/mol. The summed E-state index contributed by atoms with van der Waals surface area (Å²) in [6, 6.07) is 7.88. The molecule has 0 radical (unpaired) electrons. The maximum absolute atomic E-state index is 14.3. The van der Waals surface area contributed by atoms with Gasteiger partial charge in [0.2, 0.25) is 0 Å². The SMILES string of the molecule is O=C(O)C(c1cc(F)ccc1[C@H]1CCCCO1)N1CC[C@@H](OCCCCCc2ccc3c(n2)CCCN3)C1. The molecule has 2 aromatic rings. The highest BCUT2D eigenvalue weighted by molar-refractivity contribution is 5.76. The molecule has 38 heavy (non-hydrogen) atoms. The van der Waals surface area contributed by atoms with Gasteiger partial charge in [0.05, 0.1) is 23.6 Å². The molecule has 206 valence electrons. The number of nitrogens with zero attached hydrogens (tertiary/aromatic N) is 2. The van der Waals surface area contributed by atoms with Crippen LogP contribution in [0.1, 0.15) is 86.0 Å². The van der Waals surface area contributed by atoms with Crippen molar-refractivity contribution < 1.29 is 23.8 Å². The molecule has 7 nitrogen and oxygen atoms in total. The minimum Gasteiger partial charge on any atom is -0.480 e. The average Bonchev–Trinajstić information content (AvgIpc) is 3.39. The minimum absolute atomic E-state index is 0.00500. The maximum Gasteiger partial charge on any atom is 0.325 e. The van der Waals surface area contributed by atoms with Crippen LogP contribution in [0, 0.1) is 5.82 Å². The van der Waals surface area contributed by atoms with Gasteiger partial charge in [-0.15, -0.1) is 0 Å². The molecule has 2 saturated heterocycles. The zero-order valence-corrected chi connectivity index (χ0v) is 22.2. The summed E-state index contributed by atoms with van der Waals surface area (Å²) in [5, 5.41) is 13.6. The average molecular weight is 526 g/mol. The van der Waals surface area contributed by atoms with Crippen LogP contribution in [0.5, 0.6) is 0 Å². The van der Waals surface area contributed by atoms with Gasteiger partial charge in [0.1, 0.15) is 11.9 Å². The molecule has 3 aliphatic heterocycles. The van der Waals surface area contributed by atoms with Gasteiger partial charge in [-0.2, -0.15) is 0 Å². The summed E-state index contributed by atoms with van der Waals surface area (Å²) in [6.45, 7) is 3.50. The van der Waals surface area contributed by atoms with E-state index in [9.17, 15) is 14.3 Å². The number of aryl methyl sites for hydroxylation is 2. The standard InChI is InChI=1S/C30H40FN3O4/c31-21-10-12-24(28-9-3-5-18-38-28)25(19-21)29(30(35)36)34-16-14-23(20-34)37-17-4-1-2-7-22-11-13-26-27(33-22)8-6-15-32-26/h10-13,19,23,28-29,32H,1-9,14-18,20H2,(H,35,36)/t23-,28-,29?/m1/s1. The van der Waals surface area contributed by atoms with Gasteiger partial charge in [-0.25, -0.2) is 4.39 Å². The third-order valence-corrected chi connectivity index (χ3v) is 8.01. The lowest BCUT2D eigenvalue weighted by molar-refractivity contribution is -0.143. The number of carboxylic acid groups (broad SMARTS) is 1. The number of nitrogens with one attached hydrogen (secondary N) is 1. The van der Waals surface area contributed by atoms with Crippen LogP contribution in [-0.2, 0) is 27.1 Å². The van der Waals surface area contributed by atoms with E-state index >= 15 is 0 Å². The Morgan fingerprint density at radius 1 is 1.18 bits per heavy atom. The van der Waals surface area contributed by atoms with Gasteiger partial charge < -0.3 is 19.9 Å². The Labute approximate surface area is 224 Å². The largest absolute Gasteiger partial charge is 0.480 e. The van der Waals surface area contributed by atoms with Crippen LogP contribution in [0.25, 0.3) is 0 Å². The predicted octanol–water partition coefficient (Wildman–Crippen LogP) is 5.45. The van der Waals surface area contributed by atoms with E-state index in [2.05, 4.69) is 17.4 Å². The van der Waals surface area contributed by atoms with Gasteiger partial charge in [-0.3, -0.25) is 14.7 Å². The number of ether oxygens (including phenoxy) is 2. The molecule has 4 heterocycles. The van der Waals surface area contributed by atoms with E-state index in [4.69, 9.17) is 14.5 Å². The van der Waals surface area contributed by atoms with Crippen molar-refractivity contribution in [3.8, 4) is 0 Å². The van der Waals surface area contributed by atoms with Crippen molar-refractivity contribution in [2.45, 2.75) is 82.5 Å². The van der Waals surface area contributed by atoms with Gasteiger partial charge in [0.25, 0.3) is 0 Å². The Balaban J connectivity index is 1.09. The highest BCUT2D eigenvalue weighted by atomic mass is 19.1. The van der Waals surface area contributed by atoms with Crippen molar-refractivity contribution >= 4 is 11.7 Å². The molecule has 1 aromatic heterocycles. The van der Waals surface area contributed by atoms with E-state index in [1.54, 1.807) is 6.07 Å². The fourth-order valence-electron chi connectivity index (χ4n) is 6.02. The second-order valence-corrected chi connectivity index (χ2v) is 10.8. The monoisotopic (exact) mass is 525 g/mol. The summed E-state index contributed by atoms with van der Waals surface area (Å²) in [4.78, 5) is 19.2. The number of likely N-dealkylation sites (tertiary alicyclic amines) is 1. The lowest BCUT2D eigenvalue weighted by Gasteiger charge is -2.30. The molecule has 3 aliphatic rings. The lowest BCUT2D eigenvalue weighted by atomic mass is 9.92. The van der Waals surface area contributed by atoms with Crippen molar-refractivity contribution in [3.63, 3.8) is 0 Å². The smallest absolute Gasteiger partial charge is 0.325 e. The van der Waals surface area contributed by atoms with Crippen LogP contribution in [0.3, 0.4) is 0 Å². The zero-order valence-electron chi connectivity index (χ0n) is 22.2. The number of hydrogen-bond donors (Lipinski definition) is 2. The van der Waals surface area contributed by atoms with Crippen LogP contribution in [0.2, 0.25) is 0 Å². The predicted molar refractivity (Wildman–Crippen MR) is 144 cm³/mol. The molecule has 1 aromatic carbocycles. The van der Waals surface area contributed by atoms with Gasteiger partial charge in [-0.1, -0.05) is 12.5 Å². The van der Waals surface area contributed by atoms with E-state index in [1.165, 1.54) is 23.5 Å². The topological polar surface area (TPSA) is 83.9 Å². The number of anilines is 1. The fraction of sp³-hybridized carbons (Fsp3) is 0.600. The van der Waals surface area contributed by atoms with Crippen LogP contribution in [0.4, 0.5) is 10.1 Å². The third kappa shape index (κ3) is 6.71. The molecule has 0 spiro atoms. The first-order chi connectivity index (χ1) is 18.6. The van der Waals surface area contributed by atoms with E-state index in [-0.39, 0.29) is 12.2 Å². The van der Waals surface area contributed by atoms with Crippen LogP contribution >= 0.6 is 0 Å². The van der Waals surface area contributed by atoms with Gasteiger partial charge >= 0.3 is 5.97 Å². The van der Waals surface area contributed by atoms with Crippen molar-refractivity contribution in [1.29, 1.82) is 0 Å². The number of carbonyl (C=O) groups is 1. The number of pyridine rings is 1. The van der Waals surface area contributed by atoms with Gasteiger partial charge in [0, 0.05) is 38.5 Å². The number of fused-ring (bicyclic) bond motifs is 1. The molecule has 8 heteroatoms. The number of aliphatic carboxylic acids is 1. The Kier molecular flexibility index (Phi) is 9.25. The summed E-state index contributed by atoms with van der Waals surface area (Å²) in [5.41, 5.74) is 4.85. The van der Waals surface area contributed by atoms with Crippen LogP contribution in [-0.4, -0.2) is 59.9 Å². The van der Waals surface area contributed by atoms with Gasteiger partial charge in [-0.05, 0) is 93.2 Å². The second kappa shape index (κ2) is 13.0. The fourth-order valence-corrected chi connectivity index (χ4v) is 6.02. The van der Waals surface area contributed by atoms with Gasteiger partial charge in [0.15, 0.2) is 0 Å². The molecule has 0 aliphatic carbocycles. The number of unbranched alkanes of at least 4 members (excludes halogenated alkanes) is 2. The van der Waals surface area contributed by atoms with E-state index < -0.39 is 17.8 Å². The first-order valence-corrected chi connectivity index (χ1v) is 14.3. The van der Waals surface area contributed by atoms with E-state index in [0.29, 0.717) is 31.9 Å². The summed E-state index contributed by atoms with van der Waals surface area (Å²) in [7, 11) is 0. The number of rotatable bonds is 11.